The zero-order valence-corrected chi connectivity index (χ0v) is 7.97. The molecule has 0 unspecified atom stereocenters. The van der Waals surface area contributed by atoms with Crippen LogP contribution in [0, 0.1) is 6.42 Å². The van der Waals surface area contributed by atoms with Gasteiger partial charge in [0, 0.05) is 18.8 Å². The summed E-state index contributed by atoms with van der Waals surface area (Å²) >= 11 is 0. The van der Waals surface area contributed by atoms with Crippen LogP contribution in [0.1, 0.15) is 12.2 Å². The van der Waals surface area contributed by atoms with Crippen LogP contribution in [0.2, 0.25) is 0 Å². The van der Waals surface area contributed by atoms with Crippen molar-refractivity contribution < 1.29 is 4.74 Å². The Morgan fingerprint density at radius 1 is 1.29 bits per heavy atom. The minimum absolute atomic E-state index is 0.705. The van der Waals surface area contributed by atoms with Crippen LogP contribution in [0.5, 0.6) is 0 Å². The van der Waals surface area contributed by atoms with Gasteiger partial charge in [-0.15, -0.1) is 0 Å². The smallest absolute Gasteiger partial charge is 0.162 e. The molecule has 3 nitrogen and oxygen atoms in total. The second-order valence-corrected chi connectivity index (χ2v) is 2.90. The summed E-state index contributed by atoms with van der Waals surface area (Å²) in [6.07, 6.45) is 10.4. The van der Waals surface area contributed by atoms with Crippen LogP contribution >= 0.6 is 0 Å². The van der Waals surface area contributed by atoms with Gasteiger partial charge in [-0.25, -0.2) is 9.97 Å². The van der Waals surface area contributed by atoms with Crippen LogP contribution in [-0.4, -0.2) is 17.1 Å². The molecule has 1 aromatic heterocycles. The lowest BCUT2D eigenvalue weighted by Gasteiger charge is -2.12. The molecular formula is C11H11N2O. The number of nitrogens with zero attached hydrogens (tertiary/aromatic N) is 2. The molecule has 0 amide bonds. The van der Waals surface area contributed by atoms with E-state index in [9.17, 15) is 0 Å². The molecule has 0 atom stereocenters. The highest BCUT2D eigenvalue weighted by atomic mass is 16.5. The van der Waals surface area contributed by atoms with Gasteiger partial charge in [0.15, 0.2) is 5.82 Å². The predicted octanol–water partition coefficient (Wildman–Crippen LogP) is 2.00. The zero-order chi connectivity index (χ0) is 9.80. The van der Waals surface area contributed by atoms with Crippen molar-refractivity contribution in [2.24, 2.45) is 0 Å². The molecule has 0 aromatic carbocycles. The van der Waals surface area contributed by atoms with E-state index >= 15 is 0 Å². The third-order valence-electron chi connectivity index (χ3n) is 2.02. The zero-order valence-electron chi connectivity index (χ0n) is 7.97. The molecule has 2 rings (SSSR count). The Hall–Kier alpha value is -1.64. The molecular weight excluding hydrogens is 176 g/mol. The number of aromatic nitrogens is 2. The average molecular weight is 187 g/mol. The molecule has 14 heavy (non-hydrogen) atoms. The molecule has 0 saturated carbocycles. The summed E-state index contributed by atoms with van der Waals surface area (Å²) in [4.78, 5) is 8.36. The molecule has 0 fully saturated rings. The third kappa shape index (κ3) is 1.66. The van der Waals surface area contributed by atoms with E-state index in [1.165, 1.54) is 0 Å². The lowest BCUT2D eigenvalue weighted by molar-refractivity contribution is 0.299. The van der Waals surface area contributed by atoms with Crippen molar-refractivity contribution in [3.05, 3.63) is 48.6 Å². The fourth-order valence-corrected chi connectivity index (χ4v) is 1.37. The van der Waals surface area contributed by atoms with Crippen molar-refractivity contribution in [1.82, 2.24) is 9.97 Å². The van der Waals surface area contributed by atoms with Crippen LogP contribution in [0.15, 0.2) is 36.4 Å². The van der Waals surface area contributed by atoms with Crippen molar-refractivity contribution in [2.75, 3.05) is 7.11 Å². The summed E-state index contributed by atoms with van der Waals surface area (Å²) < 4.78 is 5.25. The summed E-state index contributed by atoms with van der Waals surface area (Å²) in [5, 5.41) is 0. The second-order valence-electron chi connectivity index (χ2n) is 2.90. The predicted molar refractivity (Wildman–Crippen MR) is 54.0 cm³/mol. The Bertz CT molecular complexity index is 368. The van der Waals surface area contributed by atoms with Gasteiger partial charge in [-0.2, -0.15) is 0 Å². The van der Waals surface area contributed by atoms with Gasteiger partial charge >= 0.3 is 0 Å². The first-order valence-electron chi connectivity index (χ1n) is 4.47. The Labute approximate surface area is 83.2 Å². The van der Waals surface area contributed by atoms with E-state index in [0.29, 0.717) is 5.82 Å². The standard InChI is InChI=1S/C11H11N2O/c1-14-10-6-3-2-5-9(10)11-12-7-4-8-13-11/h2,4-8H,3H2,1H3. The van der Waals surface area contributed by atoms with Gasteiger partial charge in [-0.1, -0.05) is 12.2 Å². The molecule has 0 spiro atoms. The highest BCUT2D eigenvalue weighted by molar-refractivity contribution is 5.73. The molecule has 1 aromatic rings. The van der Waals surface area contributed by atoms with Crippen LogP contribution in [-0.2, 0) is 4.74 Å². The maximum atomic E-state index is 5.25. The third-order valence-corrected chi connectivity index (χ3v) is 2.02. The number of ether oxygens (including phenoxy) is 1. The molecule has 1 aliphatic rings. The van der Waals surface area contributed by atoms with E-state index in [-0.39, 0.29) is 0 Å². The second kappa shape index (κ2) is 4.05. The van der Waals surface area contributed by atoms with Gasteiger partial charge < -0.3 is 4.74 Å². The van der Waals surface area contributed by atoms with E-state index < -0.39 is 0 Å². The summed E-state index contributed by atoms with van der Waals surface area (Å²) in [6, 6.07) is 1.80. The van der Waals surface area contributed by atoms with Gasteiger partial charge in [-0.05, 0) is 12.5 Å². The highest BCUT2D eigenvalue weighted by Gasteiger charge is 2.12. The Morgan fingerprint density at radius 3 is 2.79 bits per heavy atom. The molecule has 0 N–H and O–H groups in total. The topological polar surface area (TPSA) is 35.0 Å². The highest BCUT2D eigenvalue weighted by Crippen LogP contribution is 2.24. The Morgan fingerprint density at radius 2 is 2.07 bits per heavy atom. The van der Waals surface area contributed by atoms with Crippen molar-refractivity contribution in [3.8, 4) is 0 Å². The average Bonchev–Trinajstić information content (AvgIpc) is 2.30. The summed E-state index contributed by atoms with van der Waals surface area (Å²) in [7, 11) is 1.66. The lowest BCUT2D eigenvalue weighted by Crippen LogP contribution is -2.00. The lowest BCUT2D eigenvalue weighted by atomic mass is 10.0. The molecule has 0 aliphatic heterocycles. The van der Waals surface area contributed by atoms with Crippen molar-refractivity contribution >= 4 is 5.57 Å². The Balaban J connectivity index is 2.41. The minimum Gasteiger partial charge on any atom is -0.500 e. The summed E-state index contributed by atoms with van der Waals surface area (Å²) in [6.45, 7) is 0. The van der Waals surface area contributed by atoms with Crippen LogP contribution in [0.4, 0.5) is 0 Å². The number of hydrogen-bond acceptors (Lipinski definition) is 3. The number of rotatable bonds is 2. The van der Waals surface area contributed by atoms with Gasteiger partial charge in [0.25, 0.3) is 0 Å². The molecule has 1 radical (unpaired) electrons. The Kier molecular flexibility index (Phi) is 2.58. The molecule has 1 aliphatic carbocycles. The molecule has 0 saturated heterocycles. The first kappa shape index (κ1) is 8.94. The molecule has 1 heterocycles. The van der Waals surface area contributed by atoms with E-state index in [4.69, 9.17) is 4.74 Å². The maximum Gasteiger partial charge on any atom is 0.162 e. The summed E-state index contributed by atoms with van der Waals surface area (Å²) in [5.74, 6) is 1.55. The quantitative estimate of drug-likeness (QED) is 0.710. The fourth-order valence-electron chi connectivity index (χ4n) is 1.37. The minimum atomic E-state index is 0.705. The summed E-state index contributed by atoms with van der Waals surface area (Å²) in [5.41, 5.74) is 0.944. The SMILES string of the molecule is COC1=C(c2ncccn2)C=CC[CH]1. The molecule has 71 valence electrons. The van der Waals surface area contributed by atoms with Gasteiger partial charge in [0.1, 0.15) is 5.76 Å². The van der Waals surface area contributed by atoms with Gasteiger partial charge in [0.2, 0.25) is 0 Å². The van der Waals surface area contributed by atoms with Crippen LogP contribution in [0.3, 0.4) is 0 Å². The van der Waals surface area contributed by atoms with Gasteiger partial charge in [-0.3, -0.25) is 0 Å². The largest absolute Gasteiger partial charge is 0.500 e. The van der Waals surface area contributed by atoms with E-state index in [2.05, 4.69) is 16.0 Å². The fraction of sp³-hybridized carbons (Fsp3) is 0.182. The number of hydrogen-bond donors (Lipinski definition) is 0. The van der Waals surface area contributed by atoms with Crippen molar-refractivity contribution in [1.29, 1.82) is 0 Å². The first-order chi connectivity index (χ1) is 6.92. The number of methoxy groups -OCH3 is 1. The van der Waals surface area contributed by atoms with Crippen LogP contribution < -0.4 is 0 Å². The normalized spacial score (nSPS) is 15.8. The first-order valence-corrected chi connectivity index (χ1v) is 4.47. The van der Waals surface area contributed by atoms with E-state index in [0.717, 1.165) is 17.8 Å². The van der Waals surface area contributed by atoms with Crippen molar-refractivity contribution in [2.45, 2.75) is 6.42 Å². The van der Waals surface area contributed by atoms with Crippen LogP contribution in [0.25, 0.3) is 5.57 Å². The molecule has 3 heteroatoms. The van der Waals surface area contributed by atoms with E-state index in [1.54, 1.807) is 25.6 Å². The molecule has 0 bridgehead atoms. The van der Waals surface area contributed by atoms with Gasteiger partial charge in [0.05, 0.1) is 12.7 Å². The van der Waals surface area contributed by atoms with Crippen molar-refractivity contribution in [3.63, 3.8) is 0 Å². The van der Waals surface area contributed by atoms with E-state index in [1.807, 2.05) is 12.5 Å². The number of allylic oxidation sites excluding steroid dienone is 4. The monoisotopic (exact) mass is 187 g/mol. The maximum absolute atomic E-state index is 5.25.